The van der Waals surface area contributed by atoms with Crippen molar-refractivity contribution in [2.45, 2.75) is 25.6 Å². The zero-order valence-corrected chi connectivity index (χ0v) is 9.69. The van der Waals surface area contributed by atoms with Crippen molar-refractivity contribution in [1.29, 1.82) is 0 Å². The smallest absolute Gasteiger partial charge is 0.129 e. The van der Waals surface area contributed by atoms with Crippen LogP contribution in [0.3, 0.4) is 0 Å². The molecule has 1 aromatic heterocycles. The molecular weight excluding hydrogens is 210 g/mol. The Balaban J connectivity index is 2.47. The molecule has 5 nitrogen and oxygen atoms in total. The van der Waals surface area contributed by atoms with E-state index in [1.807, 2.05) is 12.1 Å². The van der Waals surface area contributed by atoms with Gasteiger partial charge in [-0.3, -0.25) is 0 Å². The molecule has 3 N–H and O–H groups in total. The van der Waals surface area contributed by atoms with E-state index in [0.29, 0.717) is 13.2 Å². The molecule has 0 radical (unpaired) electrons. The van der Waals surface area contributed by atoms with Gasteiger partial charge in [0.1, 0.15) is 18.1 Å². The third kappa shape index (κ3) is 3.61. The van der Waals surface area contributed by atoms with E-state index in [0.717, 1.165) is 11.5 Å². The maximum atomic E-state index is 9.08. The lowest BCUT2D eigenvalue weighted by Gasteiger charge is -2.25. The largest absolute Gasteiger partial charge is 0.462 e. The fourth-order valence-corrected chi connectivity index (χ4v) is 1.20. The summed E-state index contributed by atoms with van der Waals surface area (Å²) in [5.41, 5.74) is -0.686. The Kier molecular flexibility index (Phi) is 4.95. The van der Waals surface area contributed by atoms with Crippen molar-refractivity contribution in [2.24, 2.45) is 0 Å². The van der Waals surface area contributed by atoms with Gasteiger partial charge in [-0.2, -0.15) is 0 Å². The number of methoxy groups -OCH3 is 1. The van der Waals surface area contributed by atoms with Gasteiger partial charge in [-0.1, -0.05) is 0 Å². The first-order valence-electron chi connectivity index (χ1n) is 5.17. The van der Waals surface area contributed by atoms with Crippen LogP contribution in [0.15, 0.2) is 16.5 Å². The molecular formula is C11H19NO4. The van der Waals surface area contributed by atoms with E-state index in [2.05, 4.69) is 5.32 Å². The summed E-state index contributed by atoms with van der Waals surface area (Å²) in [4.78, 5) is 0. The van der Waals surface area contributed by atoms with Crippen molar-refractivity contribution >= 4 is 0 Å². The number of hydrogen-bond acceptors (Lipinski definition) is 5. The third-order valence-corrected chi connectivity index (χ3v) is 2.39. The molecule has 0 saturated carbocycles. The van der Waals surface area contributed by atoms with Crippen LogP contribution in [0, 0.1) is 0 Å². The molecule has 0 aliphatic carbocycles. The average Bonchev–Trinajstić information content (AvgIpc) is 2.74. The molecule has 1 rings (SSSR count). The summed E-state index contributed by atoms with van der Waals surface area (Å²) >= 11 is 0. The van der Waals surface area contributed by atoms with Crippen LogP contribution >= 0.6 is 0 Å². The maximum absolute atomic E-state index is 9.08. The monoisotopic (exact) mass is 229 g/mol. The summed E-state index contributed by atoms with van der Waals surface area (Å²) in [6.07, 6.45) is 0. The second-order valence-electron chi connectivity index (χ2n) is 4.03. The standard InChI is InChI=1S/C11H19NO4/c1-11(7-13,8-14)12-5-9-3-4-10(16-9)6-15-2/h3-4,12-14H,5-8H2,1-2H3. The Morgan fingerprint density at radius 2 is 1.94 bits per heavy atom. The number of aliphatic hydroxyl groups excluding tert-OH is 2. The van der Waals surface area contributed by atoms with Gasteiger partial charge in [0.15, 0.2) is 0 Å². The fraction of sp³-hybridized carbons (Fsp3) is 0.636. The van der Waals surface area contributed by atoms with Crippen LogP contribution in [0.2, 0.25) is 0 Å². The zero-order chi connectivity index (χ0) is 12.0. The molecule has 1 heterocycles. The zero-order valence-electron chi connectivity index (χ0n) is 9.69. The topological polar surface area (TPSA) is 74.9 Å². The van der Waals surface area contributed by atoms with Crippen LogP contribution < -0.4 is 5.32 Å². The van der Waals surface area contributed by atoms with Crippen molar-refractivity contribution in [2.75, 3.05) is 20.3 Å². The Labute approximate surface area is 95.0 Å². The average molecular weight is 229 g/mol. The summed E-state index contributed by atoms with van der Waals surface area (Å²) in [7, 11) is 1.61. The Morgan fingerprint density at radius 3 is 2.50 bits per heavy atom. The SMILES string of the molecule is COCc1ccc(CNC(C)(CO)CO)o1. The highest BCUT2D eigenvalue weighted by molar-refractivity contribution is 5.06. The molecule has 0 unspecified atom stereocenters. The molecule has 16 heavy (non-hydrogen) atoms. The Hall–Kier alpha value is -0.880. The van der Waals surface area contributed by atoms with Crippen molar-refractivity contribution in [3.8, 4) is 0 Å². The molecule has 92 valence electrons. The number of nitrogens with one attached hydrogen (secondary N) is 1. The third-order valence-electron chi connectivity index (χ3n) is 2.39. The molecule has 1 aromatic rings. The van der Waals surface area contributed by atoms with Gasteiger partial charge >= 0.3 is 0 Å². The highest BCUT2D eigenvalue weighted by atomic mass is 16.5. The van der Waals surface area contributed by atoms with Crippen molar-refractivity contribution in [3.05, 3.63) is 23.7 Å². The quantitative estimate of drug-likeness (QED) is 0.625. The van der Waals surface area contributed by atoms with Gasteiger partial charge in [0.25, 0.3) is 0 Å². The summed E-state index contributed by atoms with van der Waals surface area (Å²) in [5, 5.41) is 21.2. The van der Waals surface area contributed by atoms with Gasteiger partial charge in [-0.05, 0) is 19.1 Å². The van der Waals surface area contributed by atoms with Crippen LogP contribution in [0.1, 0.15) is 18.4 Å². The lowest BCUT2D eigenvalue weighted by molar-refractivity contribution is 0.101. The predicted octanol–water partition coefficient (Wildman–Crippen LogP) is 0.259. The number of ether oxygens (including phenoxy) is 1. The van der Waals surface area contributed by atoms with Crippen LogP contribution in [0.5, 0.6) is 0 Å². The minimum absolute atomic E-state index is 0.130. The minimum atomic E-state index is -0.686. The lowest BCUT2D eigenvalue weighted by Crippen LogP contribution is -2.48. The highest BCUT2D eigenvalue weighted by Gasteiger charge is 2.21. The number of hydrogen-bond donors (Lipinski definition) is 3. The molecule has 0 amide bonds. The second-order valence-corrected chi connectivity index (χ2v) is 4.03. The maximum Gasteiger partial charge on any atom is 0.129 e. The van der Waals surface area contributed by atoms with Crippen LogP contribution in [0.25, 0.3) is 0 Å². The van der Waals surface area contributed by atoms with Crippen molar-refractivity contribution < 1.29 is 19.4 Å². The van der Waals surface area contributed by atoms with E-state index in [4.69, 9.17) is 19.4 Å². The van der Waals surface area contributed by atoms with E-state index in [9.17, 15) is 0 Å². The molecule has 0 spiro atoms. The van der Waals surface area contributed by atoms with Crippen LogP contribution in [0.4, 0.5) is 0 Å². The Bertz CT molecular complexity index is 307. The summed E-state index contributed by atoms with van der Waals surface area (Å²) < 4.78 is 10.4. The van der Waals surface area contributed by atoms with Gasteiger partial charge in [0, 0.05) is 7.11 Å². The van der Waals surface area contributed by atoms with Gasteiger partial charge < -0.3 is 24.7 Å². The first-order chi connectivity index (χ1) is 7.63. The molecule has 0 aromatic carbocycles. The van der Waals surface area contributed by atoms with Gasteiger partial charge in [0.2, 0.25) is 0 Å². The van der Waals surface area contributed by atoms with Crippen LogP contribution in [-0.4, -0.2) is 36.1 Å². The van der Waals surface area contributed by atoms with E-state index in [1.165, 1.54) is 0 Å². The van der Waals surface area contributed by atoms with Crippen molar-refractivity contribution in [3.63, 3.8) is 0 Å². The first-order valence-corrected chi connectivity index (χ1v) is 5.17. The highest BCUT2D eigenvalue weighted by Crippen LogP contribution is 2.10. The molecule has 0 atom stereocenters. The normalized spacial score (nSPS) is 12.0. The van der Waals surface area contributed by atoms with Gasteiger partial charge in [-0.25, -0.2) is 0 Å². The van der Waals surface area contributed by atoms with Gasteiger partial charge in [0.05, 0.1) is 25.3 Å². The van der Waals surface area contributed by atoms with E-state index in [1.54, 1.807) is 14.0 Å². The first kappa shape index (κ1) is 13.2. The second kappa shape index (κ2) is 6.00. The summed E-state index contributed by atoms with van der Waals surface area (Å²) in [6, 6.07) is 3.69. The van der Waals surface area contributed by atoms with E-state index in [-0.39, 0.29) is 13.2 Å². The molecule has 0 saturated heterocycles. The predicted molar refractivity (Wildman–Crippen MR) is 58.8 cm³/mol. The fourth-order valence-electron chi connectivity index (χ4n) is 1.20. The summed E-state index contributed by atoms with van der Waals surface area (Å²) in [5.74, 6) is 1.51. The number of aliphatic hydroxyl groups is 2. The summed E-state index contributed by atoms with van der Waals surface area (Å²) in [6.45, 7) is 2.38. The minimum Gasteiger partial charge on any atom is -0.462 e. The molecule has 5 heteroatoms. The van der Waals surface area contributed by atoms with E-state index < -0.39 is 5.54 Å². The Morgan fingerprint density at radius 1 is 1.31 bits per heavy atom. The molecule has 0 aliphatic heterocycles. The van der Waals surface area contributed by atoms with Crippen molar-refractivity contribution in [1.82, 2.24) is 5.32 Å². The number of rotatable bonds is 7. The molecule has 0 fully saturated rings. The van der Waals surface area contributed by atoms with Gasteiger partial charge in [-0.15, -0.1) is 0 Å². The number of furan rings is 1. The van der Waals surface area contributed by atoms with Crippen LogP contribution in [-0.2, 0) is 17.9 Å². The lowest BCUT2D eigenvalue weighted by atomic mass is 10.1. The molecule has 0 bridgehead atoms. The van der Waals surface area contributed by atoms with E-state index >= 15 is 0 Å². The molecule has 0 aliphatic rings.